The molecule has 0 amide bonds. The van der Waals surface area contributed by atoms with E-state index >= 15 is 0 Å². The average molecular weight is 452 g/mol. The SMILES string of the molecule is O=C1C[C@H](c2cccs2)CC2=C1[C@@H](c1cc(F)cc(F)c1)n1nc(C(F)(F)F)nc1N2. The molecule has 160 valence electrons. The van der Waals surface area contributed by atoms with E-state index in [0.29, 0.717) is 18.2 Å². The molecule has 0 spiro atoms. The molecule has 31 heavy (non-hydrogen) atoms. The van der Waals surface area contributed by atoms with Gasteiger partial charge in [-0.1, -0.05) is 6.07 Å². The molecule has 2 aliphatic rings. The third-order valence-electron chi connectivity index (χ3n) is 5.32. The number of Topliss-reactive ketones (excluding diaryl/α,β-unsaturated/α-hetero) is 1. The number of carbonyl (C=O) groups is 1. The molecule has 1 aliphatic carbocycles. The minimum Gasteiger partial charge on any atom is -0.328 e. The topological polar surface area (TPSA) is 59.8 Å². The van der Waals surface area contributed by atoms with Gasteiger partial charge in [0.2, 0.25) is 5.95 Å². The summed E-state index contributed by atoms with van der Waals surface area (Å²) in [5.74, 6) is -3.93. The van der Waals surface area contributed by atoms with Gasteiger partial charge in [0, 0.05) is 34.6 Å². The summed E-state index contributed by atoms with van der Waals surface area (Å²) in [6, 6.07) is 5.14. The van der Waals surface area contributed by atoms with Crippen LogP contribution >= 0.6 is 11.3 Å². The molecule has 0 saturated heterocycles. The van der Waals surface area contributed by atoms with E-state index < -0.39 is 29.7 Å². The minimum atomic E-state index is -4.83. The van der Waals surface area contributed by atoms with E-state index in [9.17, 15) is 26.7 Å². The summed E-state index contributed by atoms with van der Waals surface area (Å²) >= 11 is 1.48. The second-order valence-electron chi connectivity index (χ2n) is 7.37. The first-order valence-corrected chi connectivity index (χ1v) is 10.1. The Morgan fingerprint density at radius 2 is 1.87 bits per heavy atom. The molecule has 1 N–H and O–H groups in total. The van der Waals surface area contributed by atoms with Gasteiger partial charge in [-0.25, -0.2) is 13.5 Å². The normalized spacial score (nSPS) is 21.0. The Labute approximate surface area is 176 Å². The Morgan fingerprint density at radius 1 is 1.13 bits per heavy atom. The van der Waals surface area contributed by atoms with Crippen LogP contribution in [0.4, 0.5) is 27.9 Å². The van der Waals surface area contributed by atoms with Crippen molar-refractivity contribution < 1.29 is 26.7 Å². The molecule has 0 fully saturated rings. The lowest BCUT2D eigenvalue weighted by Crippen LogP contribution is -2.33. The van der Waals surface area contributed by atoms with Gasteiger partial charge in [-0.2, -0.15) is 18.2 Å². The number of hydrogen-bond acceptors (Lipinski definition) is 5. The molecule has 0 radical (unpaired) electrons. The first-order valence-electron chi connectivity index (χ1n) is 9.27. The number of carbonyl (C=O) groups excluding carboxylic acids is 1. The number of ketones is 1. The zero-order valence-electron chi connectivity index (χ0n) is 15.6. The highest BCUT2D eigenvalue weighted by Crippen LogP contribution is 2.45. The number of nitrogens with zero attached hydrogens (tertiary/aromatic N) is 3. The van der Waals surface area contributed by atoms with E-state index in [0.717, 1.165) is 21.7 Å². The third-order valence-corrected chi connectivity index (χ3v) is 6.35. The van der Waals surface area contributed by atoms with Crippen molar-refractivity contribution in [3.8, 4) is 0 Å². The fourth-order valence-corrected chi connectivity index (χ4v) is 4.93. The van der Waals surface area contributed by atoms with Crippen LogP contribution in [0.2, 0.25) is 0 Å². The van der Waals surface area contributed by atoms with Crippen LogP contribution in [0.15, 0.2) is 47.0 Å². The molecule has 3 aromatic rings. The number of aromatic nitrogens is 3. The van der Waals surface area contributed by atoms with E-state index in [4.69, 9.17) is 0 Å². The van der Waals surface area contributed by atoms with Crippen LogP contribution in [-0.4, -0.2) is 20.5 Å². The highest BCUT2D eigenvalue weighted by atomic mass is 32.1. The third kappa shape index (κ3) is 3.42. The number of anilines is 1. The van der Waals surface area contributed by atoms with Crippen LogP contribution in [0.5, 0.6) is 0 Å². The average Bonchev–Trinajstić information content (AvgIpc) is 3.34. The van der Waals surface area contributed by atoms with Gasteiger partial charge in [-0.15, -0.1) is 16.4 Å². The maximum atomic E-state index is 13.9. The van der Waals surface area contributed by atoms with E-state index in [2.05, 4.69) is 15.4 Å². The fourth-order valence-electron chi connectivity index (χ4n) is 4.10. The molecule has 2 aromatic heterocycles. The van der Waals surface area contributed by atoms with E-state index in [-0.39, 0.29) is 35.2 Å². The predicted octanol–water partition coefficient (Wildman–Crippen LogP) is 5.05. The second-order valence-corrected chi connectivity index (χ2v) is 8.35. The van der Waals surface area contributed by atoms with E-state index in [1.165, 1.54) is 11.3 Å². The molecule has 5 nitrogen and oxygen atoms in total. The minimum absolute atomic E-state index is 0.0192. The molecule has 0 bridgehead atoms. The number of rotatable bonds is 2. The maximum absolute atomic E-state index is 13.9. The fraction of sp³-hybridized carbons (Fsp3) is 0.250. The van der Waals surface area contributed by atoms with Gasteiger partial charge in [0.05, 0.1) is 0 Å². The lowest BCUT2D eigenvalue weighted by Gasteiger charge is -2.34. The van der Waals surface area contributed by atoms with Gasteiger partial charge in [-0.05, 0) is 35.6 Å². The molecule has 5 rings (SSSR count). The Bertz CT molecular complexity index is 1190. The van der Waals surface area contributed by atoms with Crippen LogP contribution < -0.4 is 5.32 Å². The molecule has 11 heteroatoms. The lowest BCUT2D eigenvalue weighted by atomic mass is 9.80. The number of hydrogen-bond donors (Lipinski definition) is 1. The van der Waals surface area contributed by atoms with Crippen LogP contribution in [0.1, 0.15) is 41.1 Å². The maximum Gasteiger partial charge on any atom is 0.453 e. The molecule has 1 aliphatic heterocycles. The van der Waals surface area contributed by atoms with Crippen molar-refractivity contribution in [3.63, 3.8) is 0 Å². The highest BCUT2D eigenvalue weighted by molar-refractivity contribution is 7.10. The number of allylic oxidation sites excluding steroid dienone is 2. The standard InChI is InChI=1S/C20H13F5N4OS/c21-11-4-10(5-12(22)8-11)17-16-13(6-9(7-14(16)30)15-2-1-3-31-15)26-19-27-18(20(23,24)25)28-29(17)19/h1-5,8-9,17H,6-7H2,(H,26,27,28)/t9-,17-/m1/s1. The van der Waals surface area contributed by atoms with Crippen molar-refractivity contribution in [2.24, 2.45) is 0 Å². The van der Waals surface area contributed by atoms with Crippen molar-refractivity contribution in [1.82, 2.24) is 14.8 Å². The van der Waals surface area contributed by atoms with Gasteiger partial charge in [0.1, 0.15) is 17.7 Å². The van der Waals surface area contributed by atoms with Crippen LogP contribution in [0.3, 0.4) is 0 Å². The Morgan fingerprint density at radius 3 is 2.52 bits per heavy atom. The summed E-state index contributed by atoms with van der Waals surface area (Å²) in [6.45, 7) is 0. The lowest BCUT2D eigenvalue weighted by molar-refractivity contribution is -0.145. The van der Waals surface area contributed by atoms with Crippen LogP contribution in [0, 0.1) is 11.6 Å². The summed E-state index contributed by atoms with van der Waals surface area (Å²) in [4.78, 5) is 17.6. The Balaban J connectivity index is 1.67. The molecule has 2 atom stereocenters. The van der Waals surface area contributed by atoms with Gasteiger partial charge in [-0.3, -0.25) is 4.79 Å². The zero-order valence-corrected chi connectivity index (χ0v) is 16.4. The smallest absolute Gasteiger partial charge is 0.328 e. The Kier molecular flexibility index (Phi) is 4.47. The van der Waals surface area contributed by atoms with Gasteiger partial charge in [0.25, 0.3) is 5.82 Å². The molecular weight excluding hydrogens is 439 g/mol. The molecular formula is C20H13F5N4OS. The summed E-state index contributed by atoms with van der Waals surface area (Å²) in [6.07, 6.45) is -4.34. The van der Waals surface area contributed by atoms with Gasteiger partial charge >= 0.3 is 6.18 Å². The van der Waals surface area contributed by atoms with Crippen molar-refractivity contribution in [2.75, 3.05) is 5.32 Å². The molecule has 1 aromatic carbocycles. The second kappa shape index (κ2) is 6.98. The van der Waals surface area contributed by atoms with Gasteiger partial charge < -0.3 is 5.32 Å². The number of alkyl halides is 3. The Hall–Kier alpha value is -3.08. The van der Waals surface area contributed by atoms with Crippen molar-refractivity contribution >= 4 is 23.1 Å². The number of nitrogens with one attached hydrogen (secondary N) is 1. The van der Waals surface area contributed by atoms with Crippen LogP contribution in [0.25, 0.3) is 0 Å². The first-order chi connectivity index (χ1) is 14.7. The summed E-state index contributed by atoms with van der Waals surface area (Å²) in [5, 5.41) is 8.21. The molecule has 0 unspecified atom stereocenters. The summed E-state index contributed by atoms with van der Waals surface area (Å²) < 4.78 is 68.5. The van der Waals surface area contributed by atoms with E-state index in [1.807, 2.05) is 17.5 Å². The monoisotopic (exact) mass is 452 g/mol. The summed E-state index contributed by atoms with van der Waals surface area (Å²) in [7, 11) is 0. The highest BCUT2D eigenvalue weighted by Gasteiger charge is 2.43. The number of thiophene rings is 1. The quantitative estimate of drug-likeness (QED) is 0.553. The number of benzene rings is 1. The van der Waals surface area contributed by atoms with Crippen molar-refractivity contribution in [2.45, 2.75) is 31.0 Å². The number of fused-ring (bicyclic) bond motifs is 1. The van der Waals surface area contributed by atoms with Crippen LogP contribution in [-0.2, 0) is 11.0 Å². The molecule has 0 saturated carbocycles. The predicted molar refractivity (Wildman–Crippen MR) is 101 cm³/mol. The van der Waals surface area contributed by atoms with Crippen molar-refractivity contribution in [1.29, 1.82) is 0 Å². The molecule has 3 heterocycles. The summed E-state index contributed by atoms with van der Waals surface area (Å²) in [5.41, 5.74) is 0.510. The zero-order chi connectivity index (χ0) is 21.9. The van der Waals surface area contributed by atoms with E-state index in [1.54, 1.807) is 0 Å². The first kappa shape index (κ1) is 19.9. The number of halogens is 5. The van der Waals surface area contributed by atoms with Crippen molar-refractivity contribution in [3.05, 3.63) is 74.9 Å². The van der Waals surface area contributed by atoms with Gasteiger partial charge in [0.15, 0.2) is 5.78 Å². The largest absolute Gasteiger partial charge is 0.453 e.